The Balaban J connectivity index is 1.34. The van der Waals surface area contributed by atoms with E-state index in [1.54, 1.807) is 0 Å². The molecular weight excluding hydrogens is 440 g/mol. The summed E-state index contributed by atoms with van der Waals surface area (Å²) in [6, 6.07) is 12.0. The number of Topliss-reactive ketones (excluding diaryl/α,β-unsaturated/α-hetero) is 1. The van der Waals surface area contributed by atoms with Gasteiger partial charge in [0.25, 0.3) is 0 Å². The van der Waals surface area contributed by atoms with Gasteiger partial charge in [-0.05, 0) is 34.4 Å². The summed E-state index contributed by atoms with van der Waals surface area (Å²) in [6.45, 7) is 2.83. The lowest BCUT2D eigenvalue weighted by molar-refractivity contribution is 0.0939. The summed E-state index contributed by atoms with van der Waals surface area (Å²) < 4.78 is 1.87. The summed E-state index contributed by atoms with van der Waals surface area (Å²) >= 11 is 0. The molecule has 9 heteroatoms. The molecule has 0 radical (unpaired) electrons. The number of tetrazole rings is 1. The van der Waals surface area contributed by atoms with Crippen molar-refractivity contribution in [1.82, 2.24) is 40.4 Å². The number of aryl methyl sites for hydroxylation is 1. The second-order valence-corrected chi connectivity index (χ2v) is 9.22. The number of aromatic nitrogens is 8. The fourth-order valence-corrected chi connectivity index (χ4v) is 4.82. The van der Waals surface area contributed by atoms with Crippen molar-refractivity contribution >= 4 is 5.78 Å². The van der Waals surface area contributed by atoms with Crippen LogP contribution in [0.15, 0.2) is 42.6 Å². The Morgan fingerprint density at radius 1 is 1.09 bits per heavy atom. The van der Waals surface area contributed by atoms with Crippen molar-refractivity contribution in [3.05, 3.63) is 59.9 Å². The third-order valence-electron chi connectivity index (χ3n) is 6.63. The average molecular weight is 471 g/mol. The van der Waals surface area contributed by atoms with Crippen LogP contribution in [0.1, 0.15) is 74.0 Å². The topological polar surface area (TPSA) is 115 Å². The summed E-state index contributed by atoms with van der Waals surface area (Å²) in [5.74, 6) is 2.29. The monoisotopic (exact) mass is 470 g/mol. The first-order valence-corrected chi connectivity index (χ1v) is 12.5. The number of carbonyl (C=O) groups is 1. The molecule has 1 aliphatic rings. The maximum absolute atomic E-state index is 12.9. The van der Waals surface area contributed by atoms with Crippen LogP contribution in [0.25, 0.3) is 22.5 Å². The smallest absolute Gasteiger partial charge is 0.217 e. The molecular formula is C26H30N8O. The first-order valence-electron chi connectivity index (χ1n) is 12.5. The van der Waals surface area contributed by atoms with E-state index >= 15 is 0 Å². The molecule has 0 spiro atoms. The van der Waals surface area contributed by atoms with Gasteiger partial charge in [-0.2, -0.15) is 0 Å². The summed E-state index contributed by atoms with van der Waals surface area (Å²) in [6.07, 6.45) is 9.87. The maximum atomic E-state index is 12.9. The van der Waals surface area contributed by atoms with Crippen molar-refractivity contribution in [1.29, 1.82) is 0 Å². The zero-order valence-electron chi connectivity index (χ0n) is 20.0. The van der Waals surface area contributed by atoms with Crippen molar-refractivity contribution < 1.29 is 4.79 Å². The number of carbonyl (C=O) groups excluding carboxylic acids is 1. The molecule has 1 fully saturated rings. The average Bonchev–Trinajstić information content (AvgIpc) is 3.56. The Hall–Kier alpha value is -3.75. The molecule has 1 aromatic carbocycles. The molecule has 3 heterocycles. The number of ketones is 1. The highest BCUT2D eigenvalue weighted by atomic mass is 16.1. The van der Waals surface area contributed by atoms with Gasteiger partial charge in [0, 0.05) is 42.4 Å². The van der Waals surface area contributed by atoms with E-state index in [4.69, 9.17) is 4.98 Å². The molecule has 3 aromatic heterocycles. The van der Waals surface area contributed by atoms with Gasteiger partial charge in [0.1, 0.15) is 5.82 Å². The van der Waals surface area contributed by atoms with Crippen molar-refractivity contribution in [2.24, 2.45) is 5.92 Å². The Morgan fingerprint density at radius 2 is 1.91 bits per heavy atom. The molecule has 0 saturated heterocycles. The molecule has 0 unspecified atom stereocenters. The van der Waals surface area contributed by atoms with Gasteiger partial charge in [-0.15, -0.1) is 10.2 Å². The van der Waals surface area contributed by atoms with Gasteiger partial charge in [-0.3, -0.25) is 9.78 Å². The van der Waals surface area contributed by atoms with Gasteiger partial charge < -0.3 is 0 Å². The normalized spacial score (nSPS) is 14.3. The number of rotatable bonds is 9. The Labute approximate surface area is 204 Å². The van der Waals surface area contributed by atoms with Crippen LogP contribution in [0.3, 0.4) is 0 Å². The fraction of sp³-hybridized carbons (Fsp3) is 0.423. The van der Waals surface area contributed by atoms with E-state index in [-0.39, 0.29) is 5.78 Å². The van der Waals surface area contributed by atoms with Crippen LogP contribution >= 0.6 is 0 Å². The molecule has 0 amide bonds. The predicted octanol–water partition coefficient (Wildman–Crippen LogP) is 4.67. The van der Waals surface area contributed by atoms with E-state index in [2.05, 4.69) is 37.6 Å². The molecule has 9 nitrogen and oxygen atoms in total. The van der Waals surface area contributed by atoms with E-state index in [0.717, 1.165) is 54.0 Å². The maximum Gasteiger partial charge on any atom is 0.217 e. The van der Waals surface area contributed by atoms with Crippen LogP contribution in [-0.2, 0) is 13.0 Å². The minimum absolute atomic E-state index is 0.0647. The van der Waals surface area contributed by atoms with Gasteiger partial charge in [-0.25, -0.2) is 14.8 Å². The number of nitrogens with zero attached hydrogens (tertiary/aromatic N) is 7. The van der Waals surface area contributed by atoms with Crippen LogP contribution in [-0.4, -0.2) is 46.2 Å². The molecule has 5 rings (SSSR count). The summed E-state index contributed by atoms with van der Waals surface area (Å²) in [7, 11) is 0. The van der Waals surface area contributed by atoms with E-state index < -0.39 is 0 Å². The van der Waals surface area contributed by atoms with E-state index in [1.807, 2.05) is 47.3 Å². The quantitative estimate of drug-likeness (QED) is 0.353. The van der Waals surface area contributed by atoms with Crippen molar-refractivity contribution in [2.75, 3.05) is 0 Å². The molecule has 4 aromatic rings. The number of hydrogen-bond acceptors (Lipinski definition) is 7. The standard InChI is InChI=1S/C26H30N8O/c1-2-14-34-24(28-26(31-34)23(35)15-18-8-4-3-5-9-18)16-20-13-12-19(17-27-20)21-10-6-7-11-22(21)25-29-32-33-30-25/h6-7,10-13,17-18H,2-5,8-9,14-16H2,1H3,(H,29,30,32,33). The van der Waals surface area contributed by atoms with Crippen LogP contribution < -0.4 is 0 Å². The molecule has 0 atom stereocenters. The number of H-pyrrole nitrogens is 1. The van der Waals surface area contributed by atoms with Gasteiger partial charge in [0.15, 0.2) is 5.82 Å². The summed E-state index contributed by atoms with van der Waals surface area (Å²) in [5, 5.41) is 18.8. The van der Waals surface area contributed by atoms with E-state index in [0.29, 0.717) is 30.4 Å². The second kappa shape index (κ2) is 10.7. The predicted molar refractivity (Wildman–Crippen MR) is 131 cm³/mol. The van der Waals surface area contributed by atoms with Crippen molar-refractivity contribution in [2.45, 2.75) is 64.8 Å². The number of hydrogen-bond donors (Lipinski definition) is 1. The van der Waals surface area contributed by atoms with Crippen LogP contribution in [0.2, 0.25) is 0 Å². The van der Waals surface area contributed by atoms with Crippen LogP contribution in [0.4, 0.5) is 0 Å². The molecule has 0 aliphatic heterocycles. The molecule has 1 aliphatic carbocycles. The number of aromatic amines is 1. The Kier molecular flexibility index (Phi) is 7.02. The third-order valence-corrected chi connectivity index (χ3v) is 6.63. The number of nitrogens with one attached hydrogen (secondary N) is 1. The SMILES string of the molecule is CCCn1nc(C(=O)CC2CCCCC2)nc1Cc1ccc(-c2ccccc2-c2nnn[nH]2)cn1. The number of benzene rings is 1. The lowest BCUT2D eigenvalue weighted by atomic mass is 9.86. The highest BCUT2D eigenvalue weighted by Gasteiger charge is 2.22. The van der Waals surface area contributed by atoms with Gasteiger partial charge in [-0.1, -0.05) is 69.4 Å². The highest BCUT2D eigenvalue weighted by Crippen LogP contribution is 2.29. The van der Waals surface area contributed by atoms with Gasteiger partial charge in [0.2, 0.25) is 11.6 Å². The minimum atomic E-state index is 0.0647. The lowest BCUT2D eigenvalue weighted by Crippen LogP contribution is -2.13. The molecule has 1 N–H and O–H groups in total. The first-order chi connectivity index (χ1) is 17.2. The van der Waals surface area contributed by atoms with Gasteiger partial charge in [0.05, 0.1) is 0 Å². The molecule has 1 saturated carbocycles. The number of pyridine rings is 1. The van der Waals surface area contributed by atoms with Crippen molar-refractivity contribution in [3.63, 3.8) is 0 Å². The second-order valence-electron chi connectivity index (χ2n) is 9.22. The zero-order chi connectivity index (χ0) is 24.0. The van der Waals surface area contributed by atoms with E-state index in [9.17, 15) is 4.79 Å². The third kappa shape index (κ3) is 5.34. The fourth-order valence-electron chi connectivity index (χ4n) is 4.82. The van der Waals surface area contributed by atoms with Crippen molar-refractivity contribution in [3.8, 4) is 22.5 Å². The minimum Gasteiger partial charge on any atom is -0.291 e. The molecule has 180 valence electrons. The first kappa shape index (κ1) is 23.0. The van der Waals surface area contributed by atoms with Gasteiger partial charge >= 0.3 is 0 Å². The van der Waals surface area contributed by atoms with Crippen LogP contribution in [0, 0.1) is 5.92 Å². The Morgan fingerprint density at radius 3 is 2.63 bits per heavy atom. The summed E-state index contributed by atoms with van der Waals surface area (Å²) in [4.78, 5) is 22.2. The Bertz CT molecular complexity index is 1260. The largest absolute Gasteiger partial charge is 0.291 e. The zero-order valence-corrected chi connectivity index (χ0v) is 20.0. The van der Waals surface area contributed by atoms with Crippen LogP contribution in [0.5, 0.6) is 0 Å². The van der Waals surface area contributed by atoms with E-state index in [1.165, 1.54) is 19.3 Å². The lowest BCUT2D eigenvalue weighted by Gasteiger charge is -2.19. The molecule has 35 heavy (non-hydrogen) atoms. The molecule has 0 bridgehead atoms. The summed E-state index contributed by atoms with van der Waals surface area (Å²) in [5.41, 5.74) is 3.76. The highest BCUT2D eigenvalue weighted by molar-refractivity contribution is 5.92.